The molecule has 2 aromatic rings. The van der Waals surface area contributed by atoms with E-state index in [1.165, 1.54) is 63.4 Å². The maximum atomic E-state index is 11.5. The van der Waals surface area contributed by atoms with Gasteiger partial charge in [0.1, 0.15) is 11.4 Å². The van der Waals surface area contributed by atoms with Crippen LogP contribution in [0.15, 0.2) is 41.1 Å². The molecule has 0 aromatic heterocycles. The van der Waals surface area contributed by atoms with Crippen LogP contribution in [0.1, 0.15) is 103 Å². The average Bonchev–Trinajstić information content (AvgIpc) is 2.87. The van der Waals surface area contributed by atoms with Gasteiger partial charge in [-0.05, 0) is 55.3 Å². The molecule has 35 heavy (non-hydrogen) atoms. The fraction of sp³-hybridized carbons (Fsp3) is 0.586. The average molecular weight is 485 g/mol. The van der Waals surface area contributed by atoms with Crippen molar-refractivity contribution >= 4 is 22.1 Å². The lowest BCUT2D eigenvalue weighted by Gasteiger charge is -2.21. The first-order chi connectivity index (χ1) is 17.0. The van der Waals surface area contributed by atoms with Gasteiger partial charge in [-0.1, -0.05) is 82.8 Å². The van der Waals surface area contributed by atoms with Crippen LogP contribution in [0.4, 0.5) is 11.4 Å². The largest absolute Gasteiger partial charge is 0.496 e. The van der Waals surface area contributed by atoms with Crippen LogP contribution in [0.25, 0.3) is 10.8 Å². The summed E-state index contributed by atoms with van der Waals surface area (Å²) in [5.74, 6) is 0.568. The number of rotatable bonds is 18. The summed E-state index contributed by atoms with van der Waals surface area (Å²) in [5.41, 5.74) is 5.14. The Kier molecular flexibility index (Phi) is 13.4. The van der Waals surface area contributed by atoms with Crippen LogP contribution in [-0.4, -0.2) is 18.9 Å². The zero-order chi connectivity index (χ0) is 25.5. The Morgan fingerprint density at radius 3 is 2.26 bits per heavy atom. The lowest BCUT2D eigenvalue weighted by Crippen LogP contribution is -2.06. The third kappa shape index (κ3) is 9.26. The van der Waals surface area contributed by atoms with Gasteiger partial charge in [0.15, 0.2) is 0 Å². The van der Waals surface area contributed by atoms with Crippen molar-refractivity contribution in [2.24, 2.45) is 5.18 Å². The van der Waals surface area contributed by atoms with E-state index in [9.17, 15) is 10.1 Å². The minimum absolute atomic E-state index is 0.122. The molecule has 6 nitrogen and oxygen atoms in total. The molecule has 0 radical (unpaired) electrons. The summed E-state index contributed by atoms with van der Waals surface area (Å²) >= 11 is 0. The molecule has 0 aliphatic rings. The molecule has 0 bridgehead atoms. The highest BCUT2D eigenvalue weighted by Crippen LogP contribution is 2.41. The molecule has 194 valence electrons. The van der Waals surface area contributed by atoms with Gasteiger partial charge in [0.2, 0.25) is 0 Å². The first-order valence-corrected chi connectivity index (χ1v) is 13.2. The van der Waals surface area contributed by atoms with E-state index in [1.807, 2.05) is 12.1 Å². The molecule has 0 amide bonds. The zero-order valence-corrected chi connectivity index (χ0v) is 22.1. The van der Waals surface area contributed by atoms with Crippen molar-refractivity contribution in [2.75, 3.05) is 19.2 Å². The number of allylic oxidation sites excluding steroid dienone is 1. The molecule has 0 aliphatic carbocycles. The highest BCUT2D eigenvalue weighted by molar-refractivity contribution is 6.05. The number of nitrogens with one attached hydrogen (secondary N) is 1. The number of nitrogens with zero attached hydrogens (tertiary/aromatic N) is 1. The number of unbranched alkanes of at least 4 members (excludes halogenated alkanes) is 9. The van der Waals surface area contributed by atoms with Gasteiger partial charge in [0.25, 0.3) is 0 Å². The van der Waals surface area contributed by atoms with Crippen molar-refractivity contribution in [3.63, 3.8) is 0 Å². The number of hydrogen-bond acceptors (Lipinski definition) is 6. The number of methoxy groups -OCH3 is 1. The van der Waals surface area contributed by atoms with E-state index in [-0.39, 0.29) is 6.10 Å². The molecule has 0 saturated carbocycles. The lowest BCUT2D eigenvalue weighted by molar-refractivity contribution is 0.0649. The van der Waals surface area contributed by atoms with Gasteiger partial charge < -0.3 is 9.47 Å². The highest BCUT2D eigenvalue weighted by Gasteiger charge is 2.19. The van der Waals surface area contributed by atoms with Gasteiger partial charge in [-0.15, -0.1) is 4.91 Å². The first-order valence-electron chi connectivity index (χ1n) is 13.2. The Labute approximate surface area is 211 Å². The normalized spacial score (nSPS) is 11.9. The Hall–Kier alpha value is -2.44. The summed E-state index contributed by atoms with van der Waals surface area (Å²) in [5, 5.41) is 14.0. The molecule has 2 rings (SSSR count). The molecule has 0 aliphatic heterocycles. The van der Waals surface area contributed by atoms with Gasteiger partial charge in [-0.3, -0.25) is 10.7 Å². The second-order valence-corrected chi connectivity index (χ2v) is 9.56. The van der Waals surface area contributed by atoms with Gasteiger partial charge in [0.05, 0.1) is 30.9 Å². The summed E-state index contributed by atoms with van der Waals surface area (Å²) in [6.07, 6.45) is 15.7. The van der Waals surface area contributed by atoms with E-state index in [2.05, 4.69) is 37.5 Å². The van der Waals surface area contributed by atoms with Gasteiger partial charge in [-0.25, -0.2) is 0 Å². The Morgan fingerprint density at radius 2 is 1.69 bits per heavy atom. The van der Waals surface area contributed by atoms with Crippen molar-refractivity contribution in [1.82, 2.24) is 0 Å². The summed E-state index contributed by atoms with van der Waals surface area (Å²) in [6.45, 7) is 6.91. The quantitative estimate of drug-likeness (QED) is 0.0953. The minimum atomic E-state index is -0.122. The Morgan fingerprint density at radius 1 is 1.03 bits per heavy atom. The van der Waals surface area contributed by atoms with Crippen molar-refractivity contribution in [3.05, 3.63) is 46.4 Å². The van der Waals surface area contributed by atoms with Crippen LogP contribution in [0.5, 0.6) is 5.75 Å². The first kappa shape index (κ1) is 28.8. The molecule has 0 heterocycles. The molecule has 0 fully saturated rings. The second kappa shape index (κ2) is 16.3. The number of hydrogen-bond donors (Lipinski definition) is 2. The lowest BCUT2D eigenvalue weighted by atomic mass is 9.96. The van der Waals surface area contributed by atoms with Gasteiger partial charge in [-0.2, -0.15) is 0 Å². The van der Waals surface area contributed by atoms with Gasteiger partial charge in [0, 0.05) is 5.39 Å². The third-order valence-corrected chi connectivity index (χ3v) is 6.50. The van der Waals surface area contributed by atoms with Crippen molar-refractivity contribution in [3.8, 4) is 5.75 Å². The van der Waals surface area contributed by atoms with Gasteiger partial charge >= 0.3 is 0 Å². The van der Waals surface area contributed by atoms with Crippen LogP contribution in [-0.2, 0) is 4.74 Å². The van der Waals surface area contributed by atoms with E-state index >= 15 is 0 Å². The SMILES string of the molecule is CCCCCCCCCCCCC(OCC=C(C)C)c1cc(OC)c2c(NO)ccc(N=O)c2c1. The number of benzene rings is 2. The van der Waals surface area contributed by atoms with E-state index in [4.69, 9.17) is 9.47 Å². The molecular formula is C29H44N2O4. The standard InChI is InChI=1S/C29H44N2O4/c1-5-6-7-8-9-10-11-12-13-14-15-27(35-19-18-22(2)3)23-20-24-25(30-32)16-17-26(31-33)29(24)28(21-23)34-4/h16-18,20-21,27,31,33H,5-15,19H2,1-4H3. The second-order valence-electron chi connectivity index (χ2n) is 9.56. The van der Waals surface area contributed by atoms with E-state index < -0.39 is 0 Å². The van der Waals surface area contributed by atoms with E-state index in [0.29, 0.717) is 34.5 Å². The Balaban J connectivity index is 2.12. The predicted octanol–water partition coefficient (Wildman–Crippen LogP) is 9.38. The minimum Gasteiger partial charge on any atom is -0.496 e. The zero-order valence-electron chi connectivity index (χ0n) is 22.1. The highest BCUT2D eigenvalue weighted by atomic mass is 16.5. The molecule has 2 aromatic carbocycles. The summed E-state index contributed by atoms with van der Waals surface area (Å²) in [7, 11) is 1.59. The van der Waals surface area contributed by atoms with Crippen LogP contribution in [0, 0.1) is 4.91 Å². The number of nitroso groups, excluding NO2 is 1. The Bertz CT molecular complexity index is 938. The fourth-order valence-electron chi connectivity index (χ4n) is 4.47. The third-order valence-electron chi connectivity index (χ3n) is 6.50. The number of anilines is 1. The molecule has 2 N–H and O–H groups in total. The summed E-state index contributed by atoms with van der Waals surface area (Å²) in [4.78, 5) is 11.5. The maximum absolute atomic E-state index is 11.5. The molecule has 6 heteroatoms. The topological polar surface area (TPSA) is 80.2 Å². The van der Waals surface area contributed by atoms with Crippen molar-refractivity contribution < 1.29 is 14.7 Å². The van der Waals surface area contributed by atoms with Crippen LogP contribution < -0.4 is 10.2 Å². The van der Waals surface area contributed by atoms with Crippen LogP contribution in [0.3, 0.4) is 0 Å². The van der Waals surface area contributed by atoms with Crippen LogP contribution in [0.2, 0.25) is 0 Å². The van der Waals surface area contributed by atoms with E-state index in [0.717, 1.165) is 18.4 Å². The molecule has 1 atom stereocenters. The molecular weight excluding hydrogens is 440 g/mol. The maximum Gasteiger partial charge on any atom is 0.129 e. The predicted molar refractivity (Wildman–Crippen MR) is 146 cm³/mol. The molecule has 1 unspecified atom stereocenters. The van der Waals surface area contributed by atoms with Crippen LogP contribution >= 0.6 is 0 Å². The van der Waals surface area contributed by atoms with Crippen molar-refractivity contribution in [1.29, 1.82) is 0 Å². The molecule has 0 spiro atoms. The number of fused-ring (bicyclic) bond motifs is 1. The van der Waals surface area contributed by atoms with E-state index in [1.54, 1.807) is 19.2 Å². The monoisotopic (exact) mass is 484 g/mol. The summed E-state index contributed by atoms with van der Waals surface area (Å²) < 4.78 is 11.9. The summed E-state index contributed by atoms with van der Waals surface area (Å²) in [6, 6.07) is 7.10. The molecule has 0 saturated heterocycles. The van der Waals surface area contributed by atoms with Crippen molar-refractivity contribution in [2.45, 2.75) is 97.5 Å². The fourth-order valence-corrected chi connectivity index (χ4v) is 4.47. The number of ether oxygens (including phenoxy) is 2. The smallest absolute Gasteiger partial charge is 0.129 e.